The predicted molar refractivity (Wildman–Crippen MR) is 74.8 cm³/mol. The minimum Gasteiger partial charge on any atom is -0.507 e. The molecule has 106 valence electrons. The summed E-state index contributed by atoms with van der Waals surface area (Å²) in [7, 11) is 4.33. The van der Waals surface area contributed by atoms with E-state index in [1.165, 1.54) is 20.3 Å². The van der Waals surface area contributed by atoms with Gasteiger partial charge in [-0.15, -0.1) is 0 Å². The Hall–Kier alpha value is -2.43. The van der Waals surface area contributed by atoms with E-state index in [2.05, 4.69) is 0 Å². The monoisotopic (exact) mass is 276 g/mol. The van der Waals surface area contributed by atoms with Gasteiger partial charge in [-0.1, -0.05) is 0 Å². The second-order valence-electron chi connectivity index (χ2n) is 4.33. The maximum absolute atomic E-state index is 11.9. The van der Waals surface area contributed by atoms with Gasteiger partial charge in [0.05, 0.1) is 21.3 Å². The van der Waals surface area contributed by atoms with Crippen LogP contribution in [0.5, 0.6) is 17.2 Å². The summed E-state index contributed by atoms with van der Waals surface area (Å²) in [6.45, 7) is 1.83. The molecule has 0 unspecified atom stereocenters. The first-order chi connectivity index (χ1) is 9.53. The molecule has 0 aromatic heterocycles. The van der Waals surface area contributed by atoms with Crippen molar-refractivity contribution in [2.24, 2.45) is 0 Å². The van der Waals surface area contributed by atoms with Crippen LogP contribution in [0.25, 0.3) is 10.8 Å². The third-order valence-corrected chi connectivity index (χ3v) is 3.19. The third kappa shape index (κ3) is 2.11. The van der Waals surface area contributed by atoms with Gasteiger partial charge in [-0.25, -0.2) is 4.79 Å². The molecule has 2 aromatic carbocycles. The van der Waals surface area contributed by atoms with Crippen LogP contribution in [-0.2, 0) is 4.74 Å². The number of ether oxygens (including phenoxy) is 3. The van der Waals surface area contributed by atoms with Gasteiger partial charge in [-0.05, 0) is 24.6 Å². The highest BCUT2D eigenvalue weighted by Gasteiger charge is 2.20. The third-order valence-electron chi connectivity index (χ3n) is 3.19. The first-order valence-electron chi connectivity index (χ1n) is 6.00. The quantitative estimate of drug-likeness (QED) is 0.873. The zero-order valence-electron chi connectivity index (χ0n) is 11.8. The maximum atomic E-state index is 11.9. The molecule has 0 radical (unpaired) electrons. The lowest BCUT2D eigenvalue weighted by molar-refractivity contribution is 0.0600. The van der Waals surface area contributed by atoms with E-state index in [-0.39, 0.29) is 11.3 Å². The van der Waals surface area contributed by atoms with Crippen molar-refractivity contribution in [1.82, 2.24) is 0 Å². The number of phenols is 1. The average Bonchev–Trinajstić information content (AvgIpc) is 2.45. The Morgan fingerprint density at radius 2 is 1.80 bits per heavy atom. The number of fused-ring (bicyclic) bond motifs is 1. The van der Waals surface area contributed by atoms with E-state index in [0.29, 0.717) is 16.9 Å². The molecule has 0 heterocycles. The molecule has 0 aliphatic heterocycles. The van der Waals surface area contributed by atoms with Gasteiger partial charge in [0.1, 0.15) is 22.8 Å². The van der Waals surface area contributed by atoms with E-state index < -0.39 is 5.97 Å². The summed E-state index contributed by atoms with van der Waals surface area (Å²) >= 11 is 0. The Morgan fingerprint density at radius 3 is 2.35 bits per heavy atom. The van der Waals surface area contributed by atoms with Gasteiger partial charge in [0, 0.05) is 16.8 Å². The summed E-state index contributed by atoms with van der Waals surface area (Å²) in [5, 5.41) is 11.3. The van der Waals surface area contributed by atoms with Crippen LogP contribution in [0.4, 0.5) is 0 Å². The van der Waals surface area contributed by atoms with Crippen LogP contribution in [0, 0.1) is 6.92 Å². The van der Waals surface area contributed by atoms with E-state index >= 15 is 0 Å². The molecule has 0 saturated carbocycles. The number of methoxy groups -OCH3 is 3. The van der Waals surface area contributed by atoms with Crippen molar-refractivity contribution in [2.75, 3.05) is 21.3 Å². The highest BCUT2D eigenvalue weighted by molar-refractivity contribution is 6.10. The molecule has 0 aliphatic carbocycles. The Labute approximate surface area is 116 Å². The molecule has 20 heavy (non-hydrogen) atoms. The van der Waals surface area contributed by atoms with Gasteiger partial charge in [0.2, 0.25) is 0 Å². The van der Waals surface area contributed by atoms with Gasteiger partial charge in [0.15, 0.2) is 0 Å². The second kappa shape index (κ2) is 5.28. The summed E-state index contributed by atoms with van der Waals surface area (Å²) in [6, 6.07) is 4.92. The van der Waals surface area contributed by atoms with Crippen molar-refractivity contribution >= 4 is 16.7 Å². The van der Waals surface area contributed by atoms with Gasteiger partial charge in [-0.2, -0.15) is 0 Å². The topological polar surface area (TPSA) is 65.0 Å². The minimum atomic E-state index is -0.609. The number of carbonyl (C=O) groups is 1. The fourth-order valence-corrected chi connectivity index (χ4v) is 2.28. The molecule has 0 aliphatic rings. The summed E-state index contributed by atoms with van der Waals surface area (Å²) < 4.78 is 15.3. The number of aromatic hydroxyl groups is 1. The van der Waals surface area contributed by atoms with Crippen molar-refractivity contribution in [1.29, 1.82) is 0 Å². The second-order valence-corrected chi connectivity index (χ2v) is 4.33. The summed E-state index contributed by atoms with van der Waals surface area (Å²) in [5.41, 5.74) is 0.898. The summed E-state index contributed by atoms with van der Waals surface area (Å²) in [4.78, 5) is 11.9. The Morgan fingerprint density at radius 1 is 1.10 bits per heavy atom. The van der Waals surface area contributed by atoms with E-state index in [4.69, 9.17) is 14.2 Å². The lowest BCUT2D eigenvalue weighted by Gasteiger charge is -2.14. The largest absolute Gasteiger partial charge is 0.507 e. The molecule has 1 N–H and O–H groups in total. The van der Waals surface area contributed by atoms with Crippen LogP contribution in [0.2, 0.25) is 0 Å². The zero-order valence-corrected chi connectivity index (χ0v) is 11.8. The number of rotatable bonds is 3. The van der Waals surface area contributed by atoms with Crippen LogP contribution in [0.1, 0.15) is 15.9 Å². The molecule has 0 spiro atoms. The van der Waals surface area contributed by atoms with Crippen molar-refractivity contribution in [3.63, 3.8) is 0 Å². The normalized spacial score (nSPS) is 10.4. The first-order valence-corrected chi connectivity index (χ1v) is 6.00. The van der Waals surface area contributed by atoms with Crippen LogP contribution in [0.3, 0.4) is 0 Å². The molecule has 5 nitrogen and oxygen atoms in total. The highest BCUT2D eigenvalue weighted by Crippen LogP contribution is 2.39. The molecule has 0 saturated heterocycles. The Bertz CT molecular complexity index is 676. The van der Waals surface area contributed by atoms with Crippen molar-refractivity contribution < 1.29 is 24.1 Å². The summed E-state index contributed by atoms with van der Waals surface area (Å²) in [6.07, 6.45) is 0. The number of carbonyl (C=O) groups excluding carboxylic acids is 1. The number of esters is 1. The van der Waals surface area contributed by atoms with Gasteiger partial charge < -0.3 is 19.3 Å². The van der Waals surface area contributed by atoms with Crippen LogP contribution >= 0.6 is 0 Å². The molecular formula is C15H16O5. The molecule has 2 rings (SSSR count). The van der Waals surface area contributed by atoms with E-state index in [1.54, 1.807) is 19.2 Å². The van der Waals surface area contributed by atoms with Crippen LogP contribution in [-0.4, -0.2) is 32.4 Å². The van der Waals surface area contributed by atoms with Crippen molar-refractivity contribution in [3.8, 4) is 17.2 Å². The van der Waals surface area contributed by atoms with Crippen LogP contribution < -0.4 is 9.47 Å². The fraction of sp³-hybridized carbons (Fsp3) is 0.267. The van der Waals surface area contributed by atoms with Gasteiger partial charge >= 0.3 is 5.97 Å². The Kier molecular flexibility index (Phi) is 3.70. The molecule has 0 bridgehead atoms. The lowest BCUT2D eigenvalue weighted by atomic mass is 9.98. The van der Waals surface area contributed by atoms with E-state index in [0.717, 1.165) is 10.9 Å². The average molecular weight is 276 g/mol. The number of hydrogen-bond acceptors (Lipinski definition) is 5. The van der Waals surface area contributed by atoms with Gasteiger partial charge in [0.25, 0.3) is 0 Å². The lowest BCUT2D eigenvalue weighted by Crippen LogP contribution is -2.04. The van der Waals surface area contributed by atoms with Gasteiger partial charge in [-0.3, -0.25) is 0 Å². The Balaban J connectivity index is 2.95. The van der Waals surface area contributed by atoms with E-state index in [1.807, 2.05) is 6.92 Å². The minimum absolute atomic E-state index is 0.102. The standard InChI is InChI=1S/C15H16O5/c1-8-5-11(16)14(15(17)20-4)10-6-9(18-2)7-12(19-3)13(8)10/h5-7,16H,1-4H3. The summed E-state index contributed by atoms with van der Waals surface area (Å²) in [5.74, 6) is 0.367. The molecule has 0 amide bonds. The number of phenolic OH excluding ortho intramolecular Hbond substituents is 1. The van der Waals surface area contributed by atoms with E-state index in [9.17, 15) is 9.90 Å². The molecule has 2 aromatic rings. The number of hydrogen-bond donors (Lipinski definition) is 1. The SMILES string of the molecule is COC(=O)c1c(O)cc(C)c2c(OC)cc(OC)cc12. The molecule has 0 atom stereocenters. The van der Waals surface area contributed by atoms with Crippen LogP contribution in [0.15, 0.2) is 18.2 Å². The number of aryl methyl sites for hydroxylation is 1. The predicted octanol–water partition coefficient (Wildman–Crippen LogP) is 2.66. The highest BCUT2D eigenvalue weighted by atomic mass is 16.5. The van der Waals surface area contributed by atoms with Crippen molar-refractivity contribution in [3.05, 3.63) is 29.3 Å². The zero-order chi connectivity index (χ0) is 14.9. The maximum Gasteiger partial charge on any atom is 0.342 e. The molecule has 0 fully saturated rings. The fourth-order valence-electron chi connectivity index (χ4n) is 2.28. The smallest absolute Gasteiger partial charge is 0.342 e. The van der Waals surface area contributed by atoms with Crippen molar-refractivity contribution in [2.45, 2.75) is 6.92 Å². The molecule has 5 heteroatoms. The first kappa shape index (κ1) is 14.0. The molecular weight excluding hydrogens is 260 g/mol. The number of benzene rings is 2.